The van der Waals surface area contributed by atoms with E-state index in [2.05, 4.69) is 64.2 Å². The highest BCUT2D eigenvalue weighted by atomic mass is 16.5. The number of hydrogen-bond acceptors (Lipinski definition) is 2. The molecule has 1 N–H and O–H groups in total. The smallest absolute Gasteiger partial charge is 0.119 e. The molecular formula is C18H31NO. The summed E-state index contributed by atoms with van der Waals surface area (Å²) in [5.74, 6) is 2.32. The molecule has 0 fully saturated rings. The van der Waals surface area contributed by atoms with Crippen LogP contribution in [0.15, 0.2) is 24.3 Å². The Kier molecular flexibility index (Phi) is 7.68. The largest absolute Gasteiger partial charge is 0.493 e. The summed E-state index contributed by atoms with van der Waals surface area (Å²) in [4.78, 5) is 0. The first kappa shape index (κ1) is 17.0. The minimum atomic E-state index is 0.398. The molecule has 0 saturated carbocycles. The molecule has 0 aliphatic rings. The maximum atomic E-state index is 5.71. The molecule has 1 atom stereocenters. The van der Waals surface area contributed by atoms with Gasteiger partial charge in [0.25, 0.3) is 0 Å². The fourth-order valence-electron chi connectivity index (χ4n) is 2.15. The van der Waals surface area contributed by atoms with Crippen LogP contribution in [0.4, 0.5) is 0 Å². The molecule has 0 radical (unpaired) electrons. The summed E-state index contributed by atoms with van der Waals surface area (Å²) < 4.78 is 5.71. The lowest BCUT2D eigenvalue weighted by molar-refractivity contribution is 0.271. The number of benzene rings is 1. The molecule has 2 nitrogen and oxygen atoms in total. The van der Waals surface area contributed by atoms with Crippen LogP contribution in [-0.4, -0.2) is 13.2 Å². The normalized spacial score (nSPS) is 12.9. The second kappa shape index (κ2) is 9.02. The molecule has 1 rings (SSSR count). The van der Waals surface area contributed by atoms with E-state index in [1.54, 1.807) is 0 Å². The van der Waals surface area contributed by atoms with Crippen molar-refractivity contribution in [3.63, 3.8) is 0 Å². The summed E-state index contributed by atoms with van der Waals surface area (Å²) in [5.41, 5.74) is 1.33. The van der Waals surface area contributed by atoms with Crippen molar-refractivity contribution in [2.75, 3.05) is 13.2 Å². The monoisotopic (exact) mass is 277 g/mol. The molecule has 0 spiro atoms. The molecule has 0 aromatic heterocycles. The van der Waals surface area contributed by atoms with Gasteiger partial charge in [0.2, 0.25) is 0 Å². The van der Waals surface area contributed by atoms with Gasteiger partial charge in [-0.1, -0.05) is 52.7 Å². The Hall–Kier alpha value is -1.02. The van der Waals surface area contributed by atoms with Crippen LogP contribution in [-0.2, 0) is 0 Å². The Morgan fingerprint density at radius 3 is 2.10 bits per heavy atom. The zero-order valence-corrected chi connectivity index (χ0v) is 13.8. The summed E-state index contributed by atoms with van der Waals surface area (Å²) in [7, 11) is 0. The minimum absolute atomic E-state index is 0.398. The van der Waals surface area contributed by atoms with Crippen LogP contribution in [0, 0.1) is 11.8 Å². The van der Waals surface area contributed by atoms with E-state index in [-0.39, 0.29) is 0 Å². The fourth-order valence-corrected chi connectivity index (χ4v) is 2.15. The quantitative estimate of drug-likeness (QED) is 0.699. The van der Waals surface area contributed by atoms with Crippen LogP contribution >= 0.6 is 0 Å². The SMILES string of the molecule is CCC(CC)CNC(C)c1ccc(OCC(C)C)cc1. The van der Waals surface area contributed by atoms with Gasteiger partial charge in [0.1, 0.15) is 5.75 Å². The van der Waals surface area contributed by atoms with E-state index in [1.165, 1.54) is 18.4 Å². The third-order valence-electron chi connectivity index (χ3n) is 3.83. The molecule has 114 valence electrons. The Morgan fingerprint density at radius 2 is 1.60 bits per heavy atom. The highest BCUT2D eigenvalue weighted by molar-refractivity contribution is 5.28. The van der Waals surface area contributed by atoms with Gasteiger partial charge in [-0.3, -0.25) is 0 Å². The van der Waals surface area contributed by atoms with E-state index < -0.39 is 0 Å². The van der Waals surface area contributed by atoms with Gasteiger partial charge >= 0.3 is 0 Å². The van der Waals surface area contributed by atoms with Gasteiger partial charge in [0, 0.05) is 6.04 Å². The van der Waals surface area contributed by atoms with Crippen molar-refractivity contribution in [1.82, 2.24) is 5.32 Å². The number of ether oxygens (including phenoxy) is 1. The topological polar surface area (TPSA) is 21.3 Å². The van der Waals surface area contributed by atoms with E-state index in [0.717, 1.165) is 24.8 Å². The van der Waals surface area contributed by atoms with Crippen molar-refractivity contribution in [1.29, 1.82) is 0 Å². The van der Waals surface area contributed by atoms with E-state index in [4.69, 9.17) is 4.74 Å². The fraction of sp³-hybridized carbons (Fsp3) is 0.667. The second-order valence-electron chi connectivity index (χ2n) is 6.09. The van der Waals surface area contributed by atoms with E-state index >= 15 is 0 Å². The lowest BCUT2D eigenvalue weighted by Crippen LogP contribution is -2.25. The van der Waals surface area contributed by atoms with Crippen molar-refractivity contribution in [3.8, 4) is 5.75 Å². The van der Waals surface area contributed by atoms with Crippen molar-refractivity contribution in [2.45, 2.75) is 53.5 Å². The second-order valence-corrected chi connectivity index (χ2v) is 6.09. The van der Waals surface area contributed by atoms with Gasteiger partial charge < -0.3 is 10.1 Å². The third kappa shape index (κ3) is 5.96. The maximum absolute atomic E-state index is 5.71. The molecular weight excluding hydrogens is 246 g/mol. The first-order valence-corrected chi connectivity index (χ1v) is 8.02. The lowest BCUT2D eigenvalue weighted by atomic mass is 10.0. The number of rotatable bonds is 9. The van der Waals surface area contributed by atoms with E-state index in [0.29, 0.717) is 12.0 Å². The first-order chi connectivity index (χ1) is 9.56. The van der Waals surface area contributed by atoms with Gasteiger partial charge in [-0.15, -0.1) is 0 Å². The van der Waals surface area contributed by atoms with Crippen LogP contribution in [0.2, 0.25) is 0 Å². The molecule has 0 saturated heterocycles. The molecule has 1 aromatic carbocycles. The van der Waals surface area contributed by atoms with Crippen LogP contribution in [0.1, 0.15) is 59.1 Å². The summed E-state index contributed by atoms with van der Waals surface area (Å²) >= 11 is 0. The molecule has 1 unspecified atom stereocenters. The van der Waals surface area contributed by atoms with Crippen LogP contribution in [0.3, 0.4) is 0 Å². The van der Waals surface area contributed by atoms with Crippen molar-refractivity contribution < 1.29 is 4.74 Å². The van der Waals surface area contributed by atoms with Gasteiger partial charge in [0.05, 0.1) is 6.61 Å². The predicted octanol–water partition coefficient (Wildman–Crippen LogP) is 4.81. The summed E-state index contributed by atoms with van der Waals surface area (Å²) in [6, 6.07) is 8.88. The Balaban J connectivity index is 2.46. The molecule has 0 amide bonds. The average Bonchev–Trinajstić information content (AvgIpc) is 2.46. The molecule has 0 aliphatic carbocycles. The molecule has 0 heterocycles. The molecule has 0 bridgehead atoms. The van der Waals surface area contributed by atoms with E-state index in [9.17, 15) is 0 Å². The zero-order chi connectivity index (χ0) is 15.0. The molecule has 1 aromatic rings. The highest BCUT2D eigenvalue weighted by Crippen LogP contribution is 2.19. The summed E-state index contributed by atoms with van der Waals surface area (Å²) in [6.45, 7) is 13.0. The lowest BCUT2D eigenvalue weighted by Gasteiger charge is -2.19. The molecule has 2 heteroatoms. The minimum Gasteiger partial charge on any atom is -0.493 e. The Labute approximate surface area is 124 Å². The van der Waals surface area contributed by atoms with Gasteiger partial charge in [-0.05, 0) is 43.0 Å². The predicted molar refractivity (Wildman–Crippen MR) is 87.3 cm³/mol. The average molecular weight is 277 g/mol. The first-order valence-electron chi connectivity index (χ1n) is 8.02. The van der Waals surface area contributed by atoms with Crippen molar-refractivity contribution in [2.24, 2.45) is 11.8 Å². The molecule has 0 aliphatic heterocycles. The Morgan fingerprint density at radius 1 is 1.00 bits per heavy atom. The summed E-state index contributed by atoms with van der Waals surface area (Å²) in [5, 5.41) is 3.63. The van der Waals surface area contributed by atoms with Crippen molar-refractivity contribution in [3.05, 3.63) is 29.8 Å². The van der Waals surface area contributed by atoms with Gasteiger partial charge in [-0.2, -0.15) is 0 Å². The van der Waals surface area contributed by atoms with Crippen LogP contribution < -0.4 is 10.1 Å². The zero-order valence-electron chi connectivity index (χ0n) is 13.8. The molecule has 20 heavy (non-hydrogen) atoms. The Bertz CT molecular complexity index is 354. The van der Waals surface area contributed by atoms with Crippen LogP contribution in [0.25, 0.3) is 0 Å². The number of hydrogen-bond donors (Lipinski definition) is 1. The van der Waals surface area contributed by atoms with Crippen LogP contribution in [0.5, 0.6) is 5.75 Å². The van der Waals surface area contributed by atoms with Gasteiger partial charge in [0.15, 0.2) is 0 Å². The standard InChI is InChI=1S/C18H31NO/c1-6-16(7-2)12-19-15(5)17-8-10-18(11-9-17)20-13-14(3)4/h8-11,14-16,19H,6-7,12-13H2,1-5H3. The third-order valence-corrected chi connectivity index (χ3v) is 3.83. The van der Waals surface area contributed by atoms with E-state index in [1.807, 2.05) is 0 Å². The van der Waals surface area contributed by atoms with Crippen molar-refractivity contribution >= 4 is 0 Å². The maximum Gasteiger partial charge on any atom is 0.119 e. The highest BCUT2D eigenvalue weighted by Gasteiger charge is 2.08. The number of nitrogens with one attached hydrogen (secondary N) is 1. The van der Waals surface area contributed by atoms with Gasteiger partial charge in [-0.25, -0.2) is 0 Å². The summed E-state index contributed by atoms with van der Waals surface area (Å²) in [6.07, 6.45) is 2.50.